The third kappa shape index (κ3) is 3.46. The Labute approximate surface area is 128 Å². The lowest BCUT2D eigenvalue weighted by Gasteiger charge is -2.13. The van der Waals surface area contributed by atoms with Crippen molar-refractivity contribution in [3.05, 3.63) is 63.4 Å². The standard InChI is InChI=1S/C14H7Cl2F3N2/c15-10-3-1-2-8(4-10)11(6-20)13-12(16)5-9(7-21-13)14(17,18)19/h1-5,7,11H/t11-/m0/s1. The number of aromatic nitrogens is 1. The van der Waals surface area contributed by atoms with Gasteiger partial charge in [-0.15, -0.1) is 0 Å². The van der Waals surface area contributed by atoms with Gasteiger partial charge in [0.25, 0.3) is 0 Å². The maximum atomic E-state index is 12.6. The van der Waals surface area contributed by atoms with Gasteiger partial charge in [-0.25, -0.2) is 0 Å². The number of alkyl halides is 3. The Bertz CT molecular complexity index is 708. The molecule has 0 bridgehead atoms. The van der Waals surface area contributed by atoms with Crippen molar-refractivity contribution in [2.45, 2.75) is 12.1 Å². The van der Waals surface area contributed by atoms with Gasteiger partial charge in [0.05, 0.1) is 22.3 Å². The summed E-state index contributed by atoms with van der Waals surface area (Å²) >= 11 is 11.7. The molecule has 0 aliphatic carbocycles. The van der Waals surface area contributed by atoms with E-state index in [4.69, 9.17) is 23.2 Å². The summed E-state index contributed by atoms with van der Waals surface area (Å²) in [5.41, 5.74) is -0.382. The van der Waals surface area contributed by atoms with Crippen LogP contribution in [0.25, 0.3) is 0 Å². The molecule has 0 saturated heterocycles. The second-order valence-electron chi connectivity index (χ2n) is 4.21. The van der Waals surface area contributed by atoms with Crippen LogP contribution in [0.5, 0.6) is 0 Å². The zero-order chi connectivity index (χ0) is 15.6. The Morgan fingerprint density at radius 2 is 1.90 bits per heavy atom. The van der Waals surface area contributed by atoms with Gasteiger partial charge >= 0.3 is 6.18 Å². The van der Waals surface area contributed by atoms with Crippen LogP contribution >= 0.6 is 23.2 Å². The minimum absolute atomic E-state index is 0.0643. The van der Waals surface area contributed by atoms with Crippen LogP contribution in [0.15, 0.2) is 36.5 Å². The Morgan fingerprint density at radius 3 is 2.43 bits per heavy atom. The fourth-order valence-electron chi connectivity index (χ4n) is 1.80. The number of nitriles is 1. The summed E-state index contributed by atoms with van der Waals surface area (Å²) in [4.78, 5) is 3.70. The predicted molar refractivity (Wildman–Crippen MR) is 73.2 cm³/mol. The van der Waals surface area contributed by atoms with Crippen molar-refractivity contribution in [3.63, 3.8) is 0 Å². The van der Waals surface area contributed by atoms with Crippen molar-refractivity contribution >= 4 is 23.2 Å². The van der Waals surface area contributed by atoms with E-state index in [-0.39, 0.29) is 10.7 Å². The van der Waals surface area contributed by atoms with E-state index < -0.39 is 17.7 Å². The van der Waals surface area contributed by atoms with Gasteiger partial charge in [0.15, 0.2) is 0 Å². The quantitative estimate of drug-likeness (QED) is 0.771. The Kier molecular flexibility index (Phi) is 4.40. The molecule has 0 aliphatic rings. The molecule has 1 aromatic carbocycles. The van der Waals surface area contributed by atoms with Gasteiger partial charge in [0, 0.05) is 11.2 Å². The van der Waals surface area contributed by atoms with E-state index in [2.05, 4.69) is 4.98 Å². The number of pyridine rings is 1. The molecule has 2 aromatic rings. The van der Waals surface area contributed by atoms with Gasteiger partial charge in [0.2, 0.25) is 0 Å². The SMILES string of the molecule is N#C[C@@H](c1cccc(Cl)c1)c1ncc(C(F)(F)F)cc1Cl. The lowest BCUT2D eigenvalue weighted by atomic mass is 9.96. The maximum absolute atomic E-state index is 12.6. The summed E-state index contributed by atoms with van der Waals surface area (Å²) in [6.07, 6.45) is -3.87. The first-order valence-electron chi connectivity index (χ1n) is 5.70. The first kappa shape index (κ1) is 15.6. The molecule has 2 rings (SSSR count). The van der Waals surface area contributed by atoms with Gasteiger partial charge in [0.1, 0.15) is 5.92 Å². The summed E-state index contributed by atoms with van der Waals surface area (Å²) < 4.78 is 37.7. The van der Waals surface area contributed by atoms with E-state index in [9.17, 15) is 18.4 Å². The third-order valence-corrected chi connectivity index (χ3v) is 3.32. The smallest absolute Gasteiger partial charge is 0.257 e. The topological polar surface area (TPSA) is 36.7 Å². The van der Waals surface area contributed by atoms with Crippen LogP contribution in [-0.4, -0.2) is 4.98 Å². The molecule has 0 amide bonds. The van der Waals surface area contributed by atoms with Gasteiger partial charge in [-0.05, 0) is 23.8 Å². The molecule has 21 heavy (non-hydrogen) atoms. The summed E-state index contributed by atoms with van der Waals surface area (Å²) in [7, 11) is 0. The molecule has 0 unspecified atom stereocenters. The number of hydrogen-bond acceptors (Lipinski definition) is 2. The normalized spacial score (nSPS) is 12.8. The maximum Gasteiger partial charge on any atom is 0.417 e. The number of halogens is 5. The van der Waals surface area contributed by atoms with Crippen LogP contribution in [-0.2, 0) is 6.18 Å². The predicted octanol–water partition coefficient (Wildman–Crippen LogP) is 5.06. The molecule has 0 saturated carbocycles. The number of nitrogens with zero attached hydrogens (tertiary/aromatic N) is 2. The molecule has 0 spiro atoms. The summed E-state index contributed by atoms with van der Waals surface area (Å²) in [5.74, 6) is -0.890. The minimum Gasteiger partial charge on any atom is -0.257 e. The van der Waals surface area contributed by atoms with E-state index >= 15 is 0 Å². The van der Waals surface area contributed by atoms with Crippen molar-refractivity contribution in [2.24, 2.45) is 0 Å². The molecule has 0 radical (unpaired) electrons. The van der Waals surface area contributed by atoms with Crippen molar-refractivity contribution in [1.82, 2.24) is 4.98 Å². The van der Waals surface area contributed by atoms with Crippen LogP contribution in [0, 0.1) is 11.3 Å². The summed E-state index contributed by atoms with van der Waals surface area (Å²) in [6, 6.07) is 9.18. The minimum atomic E-state index is -4.53. The molecule has 0 N–H and O–H groups in total. The zero-order valence-corrected chi connectivity index (χ0v) is 11.8. The monoisotopic (exact) mass is 330 g/mol. The molecule has 1 heterocycles. The molecular formula is C14H7Cl2F3N2. The van der Waals surface area contributed by atoms with E-state index in [1.54, 1.807) is 24.3 Å². The van der Waals surface area contributed by atoms with Crippen molar-refractivity contribution in [1.29, 1.82) is 5.26 Å². The van der Waals surface area contributed by atoms with Crippen LogP contribution in [0.3, 0.4) is 0 Å². The number of hydrogen-bond donors (Lipinski definition) is 0. The molecule has 2 nitrogen and oxygen atoms in total. The highest BCUT2D eigenvalue weighted by molar-refractivity contribution is 6.31. The fraction of sp³-hybridized carbons (Fsp3) is 0.143. The lowest BCUT2D eigenvalue weighted by Crippen LogP contribution is -2.08. The molecule has 1 atom stereocenters. The Morgan fingerprint density at radius 1 is 1.19 bits per heavy atom. The summed E-state index contributed by atoms with van der Waals surface area (Å²) in [5, 5.41) is 9.46. The summed E-state index contributed by atoms with van der Waals surface area (Å²) in [6.45, 7) is 0. The highest BCUT2D eigenvalue weighted by Crippen LogP contribution is 2.34. The third-order valence-electron chi connectivity index (χ3n) is 2.78. The Hall–Kier alpha value is -1.77. The second-order valence-corrected chi connectivity index (χ2v) is 5.05. The first-order valence-corrected chi connectivity index (χ1v) is 6.46. The van der Waals surface area contributed by atoms with Crippen LogP contribution < -0.4 is 0 Å². The molecular weight excluding hydrogens is 324 g/mol. The number of rotatable bonds is 2. The molecule has 108 valence electrons. The van der Waals surface area contributed by atoms with E-state index in [1.165, 1.54) is 0 Å². The first-order chi connectivity index (χ1) is 9.82. The lowest BCUT2D eigenvalue weighted by molar-refractivity contribution is -0.137. The molecule has 0 fully saturated rings. The molecule has 7 heteroatoms. The van der Waals surface area contributed by atoms with E-state index in [1.807, 2.05) is 6.07 Å². The van der Waals surface area contributed by atoms with Gasteiger partial charge in [-0.2, -0.15) is 18.4 Å². The second kappa shape index (κ2) is 5.92. The van der Waals surface area contributed by atoms with Crippen molar-refractivity contribution < 1.29 is 13.2 Å². The van der Waals surface area contributed by atoms with Crippen molar-refractivity contribution in [3.8, 4) is 6.07 Å². The number of benzene rings is 1. The van der Waals surface area contributed by atoms with Gasteiger partial charge in [-0.3, -0.25) is 4.98 Å². The Balaban J connectivity index is 2.47. The highest BCUT2D eigenvalue weighted by atomic mass is 35.5. The van der Waals surface area contributed by atoms with Crippen LogP contribution in [0.1, 0.15) is 22.7 Å². The zero-order valence-electron chi connectivity index (χ0n) is 10.3. The fourth-order valence-corrected chi connectivity index (χ4v) is 2.27. The molecule has 0 aliphatic heterocycles. The average Bonchev–Trinajstić information content (AvgIpc) is 2.40. The van der Waals surface area contributed by atoms with Crippen molar-refractivity contribution in [2.75, 3.05) is 0 Å². The highest BCUT2D eigenvalue weighted by Gasteiger charge is 2.32. The van der Waals surface area contributed by atoms with E-state index in [0.29, 0.717) is 16.8 Å². The molecule has 1 aromatic heterocycles. The van der Waals surface area contributed by atoms with Gasteiger partial charge < -0.3 is 0 Å². The van der Waals surface area contributed by atoms with Gasteiger partial charge in [-0.1, -0.05) is 35.3 Å². The average molecular weight is 331 g/mol. The van der Waals surface area contributed by atoms with E-state index in [0.717, 1.165) is 6.07 Å². The largest absolute Gasteiger partial charge is 0.417 e. The van der Waals surface area contributed by atoms with Crippen LogP contribution in [0.4, 0.5) is 13.2 Å². The van der Waals surface area contributed by atoms with Crippen LogP contribution in [0.2, 0.25) is 10.0 Å².